The molecule has 4 rings (SSSR count). The first-order chi connectivity index (χ1) is 10.6. The molecule has 2 heteroatoms. The van der Waals surface area contributed by atoms with Gasteiger partial charge in [0.2, 0.25) is 0 Å². The fourth-order valence-electron chi connectivity index (χ4n) is 3.47. The largest absolute Gasteiger partial charge is 0.277 e. The van der Waals surface area contributed by atoms with Crippen LogP contribution >= 0.6 is 0 Å². The van der Waals surface area contributed by atoms with Gasteiger partial charge in [-0.1, -0.05) is 62.4 Å². The van der Waals surface area contributed by atoms with Gasteiger partial charge in [0, 0.05) is 17.0 Å². The predicted octanol–water partition coefficient (Wildman–Crippen LogP) is 3.31. The van der Waals surface area contributed by atoms with Gasteiger partial charge in [-0.2, -0.15) is 0 Å². The summed E-state index contributed by atoms with van der Waals surface area (Å²) in [7, 11) is 0. The Hall–Kier alpha value is -2.61. The molecular weight excluding hydrogens is 270 g/mol. The maximum atomic E-state index is 12.4. The fourth-order valence-corrected chi connectivity index (χ4v) is 3.47. The monoisotopic (exact) mass is 287 g/mol. The van der Waals surface area contributed by atoms with Crippen molar-refractivity contribution >= 4 is 11.6 Å². The third-order valence-electron chi connectivity index (χ3n) is 4.43. The van der Waals surface area contributed by atoms with Crippen molar-refractivity contribution in [1.82, 2.24) is 4.40 Å². The molecule has 1 aliphatic carbocycles. The van der Waals surface area contributed by atoms with Crippen LogP contribution in [0.25, 0.3) is 22.7 Å². The minimum Gasteiger partial charge on any atom is -0.277 e. The third-order valence-corrected chi connectivity index (χ3v) is 4.43. The van der Waals surface area contributed by atoms with E-state index < -0.39 is 0 Å². The van der Waals surface area contributed by atoms with Gasteiger partial charge in [-0.25, -0.2) is 0 Å². The molecule has 0 fully saturated rings. The highest BCUT2D eigenvalue weighted by atomic mass is 16.1. The minimum atomic E-state index is -0.103. The van der Waals surface area contributed by atoms with E-state index in [0.29, 0.717) is 0 Å². The second-order valence-electron chi connectivity index (χ2n) is 6.33. The highest BCUT2D eigenvalue weighted by Gasteiger charge is 2.28. The van der Waals surface area contributed by atoms with E-state index in [4.69, 9.17) is 0 Å². The molecule has 0 atom stereocenters. The molecule has 0 saturated heterocycles. The van der Waals surface area contributed by atoms with Crippen molar-refractivity contribution in [2.24, 2.45) is 0 Å². The molecule has 2 nitrogen and oxygen atoms in total. The Balaban J connectivity index is 2.28. The van der Waals surface area contributed by atoms with Crippen molar-refractivity contribution in [1.29, 1.82) is 0 Å². The first-order valence-electron chi connectivity index (χ1n) is 7.52. The minimum absolute atomic E-state index is 0.0262. The Labute approximate surface area is 129 Å². The molecule has 0 bridgehead atoms. The van der Waals surface area contributed by atoms with Crippen LogP contribution in [0.1, 0.15) is 19.4 Å². The Morgan fingerprint density at radius 2 is 1.73 bits per heavy atom. The summed E-state index contributed by atoms with van der Waals surface area (Å²) in [4.78, 5) is 12.4. The van der Waals surface area contributed by atoms with Crippen molar-refractivity contribution in [3.63, 3.8) is 0 Å². The van der Waals surface area contributed by atoms with Crippen LogP contribution in [-0.2, 0) is 5.41 Å². The van der Waals surface area contributed by atoms with Crippen molar-refractivity contribution in [2.45, 2.75) is 19.3 Å². The topological polar surface area (TPSA) is 21.5 Å². The van der Waals surface area contributed by atoms with E-state index in [2.05, 4.69) is 38.1 Å². The number of hydrogen-bond acceptors (Lipinski definition) is 1. The molecule has 0 unspecified atom stereocenters. The standard InChI is InChI=1S/C20H17NO/c1-20(2)13-7-11-16-19(20)18(14-8-4-3-5-9-14)15-10-6-12-17(22)21(15)16/h3-13H,1-2H3. The average molecular weight is 287 g/mol. The van der Waals surface area contributed by atoms with Crippen LogP contribution in [0.3, 0.4) is 0 Å². The highest BCUT2D eigenvalue weighted by molar-refractivity contribution is 5.86. The van der Waals surface area contributed by atoms with Gasteiger partial charge in [0.1, 0.15) is 0 Å². The van der Waals surface area contributed by atoms with Gasteiger partial charge in [0.15, 0.2) is 0 Å². The van der Waals surface area contributed by atoms with Crippen molar-refractivity contribution in [2.75, 3.05) is 0 Å². The van der Waals surface area contributed by atoms with Gasteiger partial charge in [0.05, 0.1) is 10.9 Å². The van der Waals surface area contributed by atoms with Crippen LogP contribution in [0.5, 0.6) is 0 Å². The zero-order chi connectivity index (χ0) is 15.3. The van der Waals surface area contributed by atoms with Gasteiger partial charge < -0.3 is 0 Å². The first-order valence-corrected chi connectivity index (χ1v) is 7.52. The van der Waals surface area contributed by atoms with E-state index >= 15 is 0 Å². The molecule has 0 N–H and O–H groups in total. The Bertz CT molecular complexity index is 1010. The molecule has 0 spiro atoms. The van der Waals surface area contributed by atoms with Gasteiger partial charge in [-0.05, 0) is 23.3 Å². The Morgan fingerprint density at radius 3 is 2.50 bits per heavy atom. The van der Waals surface area contributed by atoms with Gasteiger partial charge in [-0.15, -0.1) is 0 Å². The maximum absolute atomic E-state index is 12.4. The summed E-state index contributed by atoms with van der Waals surface area (Å²) in [6.07, 6.45) is 6.29. The lowest BCUT2D eigenvalue weighted by molar-refractivity contribution is 0.661. The third kappa shape index (κ3) is 1.70. The van der Waals surface area contributed by atoms with Gasteiger partial charge in [-0.3, -0.25) is 9.20 Å². The van der Waals surface area contributed by atoms with Crippen LogP contribution in [0.15, 0.2) is 65.5 Å². The molecular formula is C20H17NO. The van der Waals surface area contributed by atoms with E-state index in [-0.39, 0.29) is 11.0 Å². The predicted molar refractivity (Wildman–Crippen MR) is 91.0 cm³/mol. The normalized spacial score (nSPS) is 15.5. The fraction of sp³-hybridized carbons (Fsp3) is 0.150. The highest BCUT2D eigenvalue weighted by Crippen LogP contribution is 2.36. The second-order valence-corrected chi connectivity index (χ2v) is 6.33. The number of pyridine rings is 1. The quantitative estimate of drug-likeness (QED) is 0.673. The van der Waals surface area contributed by atoms with Crippen molar-refractivity contribution < 1.29 is 0 Å². The van der Waals surface area contributed by atoms with E-state index in [9.17, 15) is 4.79 Å². The molecule has 0 aliphatic heterocycles. The van der Waals surface area contributed by atoms with Crippen LogP contribution < -0.4 is 10.9 Å². The molecule has 2 aromatic heterocycles. The van der Waals surface area contributed by atoms with E-state index in [1.54, 1.807) is 6.07 Å². The van der Waals surface area contributed by atoms with Crippen LogP contribution in [0.2, 0.25) is 0 Å². The van der Waals surface area contributed by atoms with E-state index in [0.717, 1.165) is 16.4 Å². The van der Waals surface area contributed by atoms with Gasteiger partial charge >= 0.3 is 0 Å². The average Bonchev–Trinajstić information content (AvgIpc) is 2.85. The van der Waals surface area contributed by atoms with Gasteiger partial charge in [0.25, 0.3) is 5.56 Å². The molecule has 2 heterocycles. The Morgan fingerprint density at radius 1 is 0.955 bits per heavy atom. The molecule has 0 saturated carbocycles. The summed E-state index contributed by atoms with van der Waals surface area (Å²) in [5, 5.41) is 1.01. The van der Waals surface area contributed by atoms with Crippen LogP contribution in [0.4, 0.5) is 0 Å². The summed E-state index contributed by atoms with van der Waals surface area (Å²) in [6, 6.07) is 15.8. The van der Waals surface area contributed by atoms with Crippen molar-refractivity contribution in [3.8, 4) is 11.1 Å². The summed E-state index contributed by atoms with van der Waals surface area (Å²) < 4.78 is 1.84. The lowest BCUT2D eigenvalue weighted by Gasteiger charge is -2.24. The van der Waals surface area contributed by atoms with E-state index in [1.807, 2.05) is 40.8 Å². The second kappa shape index (κ2) is 4.44. The summed E-state index contributed by atoms with van der Waals surface area (Å²) in [5.41, 5.74) is 4.45. The zero-order valence-electron chi connectivity index (χ0n) is 12.7. The lowest BCUT2D eigenvalue weighted by Crippen LogP contribution is -2.31. The SMILES string of the molecule is CC1(C)C=CC=c2c1c(-c1ccccc1)c1cccc(=O)n21. The Kier molecular flexibility index (Phi) is 2.64. The molecule has 108 valence electrons. The van der Waals surface area contributed by atoms with Crippen molar-refractivity contribution in [3.05, 3.63) is 81.9 Å². The first kappa shape index (κ1) is 13.1. The van der Waals surface area contributed by atoms with Crippen LogP contribution in [-0.4, -0.2) is 4.40 Å². The number of allylic oxidation sites excluding steroid dienone is 2. The molecule has 1 aromatic carbocycles. The number of rotatable bonds is 1. The molecule has 1 aliphatic rings. The number of aromatic nitrogens is 1. The molecule has 0 amide bonds. The molecule has 22 heavy (non-hydrogen) atoms. The zero-order valence-corrected chi connectivity index (χ0v) is 12.7. The lowest BCUT2D eigenvalue weighted by atomic mass is 9.79. The molecule has 3 aromatic rings. The number of fused-ring (bicyclic) bond motifs is 3. The molecule has 0 radical (unpaired) electrons. The maximum Gasteiger partial charge on any atom is 0.255 e. The summed E-state index contributed by atoms with van der Waals surface area (Å²) in [6.45, 7) is 4.40. The van der Waals surface area contributed by atoms with Crippen LogP contribution in [0, 0.1) is 0 Å². The van der Waals surface area contributed by atoms with E-state index in [1.165, 1.54) is 11.1 Å². The number of benzene rings is 1. The number of hydrogen-bond donors (Lipinski definition) is 0. The smallest absolute Gasteiger partial charge is 0.255 e. The number of nitrogens with zero attached hydrogens (tertiary/aromatic N) is 1. The summed E-state index contributed by atoms with van der Waals surface area (Å²) in [5.74, 6) is 0. The summed E-state index contributed by atoms with van der Waals surface area (Å²) >= 11 is 0.